The summed E-state index contributed by atoms with van der Waals surface area (Å²) in [6, 6.07) is 6.99. The smallest absolute Gasteiger partial charge is 0.321 e. The third-order valence-corrected chi connectivity index (χ3v) is 4.93. The van der Waals surface area contributed by atoms with Gasteiger partial charge in [0.2, 0.25) is 0 Å². The van der Waals surface area contributed by atoms with Crippen molar-refractivity contribution >= 4 is 33.7 Å². The van der Waals surface area contributed by atoms with Crippen LogP contribution in [0, 0.1) is 17.8 Å². The fourth-order valence-electron chi connectivity index (χ4n) is 3.34. The molecule has 1 aromatic rings. The molecule has 0 radical (unpaired) electrons. The molecule has 0 N–H and O–H groups in total. The van der Waals surface area contributed by atoms with Crippen LogP contribution in [0.2, 0.25) is 0 Å². The maximum absolute atomic E-state index is 12.8. The Labute approximate surface area is 149 Å². The minimum Gasteiger partial charge on any atom is -0.465 e. The highest BCUT2D eigenvalue weighted by atomic mass is 79.9. The van der Waals surface area contributed by atoms with Gasteiger partial charge in [-0.25, -0.2) is 0 Å². The van der Waals surface area contributed by atoms with Crippen molar-refractivity contribution in [2.45, 2.75) is 33.3 Å². The zero-order chi connectivity index (χ0) is 18.1. The number of hydrogen-bond donors (Lipinski definition) is 0. The van der Waals surface area contributed by atoms with Crippen LogP contribution in [0.25, 0.3) is 0 Å². The van der Waals surface area contributed by atoms with E-state index in [4.69, 9.17) is 9.47 Å². The average Bonchev–Trinajstić information content (AvgIpc) is 2.75. The van der Waals surface area contributed by atoms with Crippen LogP contribution in [0.4, 0.5) is 0 Å². The van der Waals surface area contributed by atoms with Gasteiger partial charge < -0.3 is 9.47 Å². The zero-order valence-corrected chi connectivity index (χ0v) is 15.8. The number of hydrogen-bond acceptors (Lipinski definition) is 5. The monoisotopic (exact) mass is 396 g/mol. The summed E-state index contributed by atoms with van der Waals surface area (Å²) in [5, 5.41) is 0. The first-order chi connectivity index (χ1) is 11.2. The van der Waals surface area contributed by atoms with Gasteiger partial charge in [0.15, 0.2) is 11.7 Å². The van der Waals surface area contributed by atoms with Crippen LogP contribution in [-0.4, -0.2) is 29.9 Å². The highest BCUT2D eigenvalue weighted by molar-refractivity contribution is 9.10. The maximum atomic E-state index is 12.8. The minimum absolute atomic E-state index is 0.131. The number of Topliss-reactive ketones (excluding diaryl/α,β-unsaturated/α-hetero) is 1. The summed E-state index contributed by atoms with van der Waals surface area (Å²) in [6.07, 6.45) is 0. The molecular weight excluding hydrogens is 376 g/mol. The van der Waals surface area contributed by atoms with Crippen LogP contribution in [0.1, 0.15) is 38.1 Å². The first kappa shape index (κ1) is 18.6. The Balaban J connectivity index is 2.33. The van der Waals surface area contributed by atoms with Crippen molar-refractivity contribution in [1.29, 1.82) is 0 Å². The molecule has 0 aromatic heterocycles. The van der Waals surface area contributed by atoms with Crippen LogP contribution >= 0.6 is 15.9 Å². The fraction of sp³-hybridized carbons (Fsp3) is 0.500. The summed E-state index contributed by atoms with van der Waals surface area (Å²) < 4.78 is 11.3. The summed E-state index contributed by atoms with van der Waals surface area (Å²) in [4.78, 5) is 37.2. The third-order valence-electron chi connectivity index (χ3n) is 4.40. The highest BCUT2D eigenvalue weighted by Gasteiger charge is 2.57. The average molecular weight is 397 g/mol. The number of ether oxygens (including phenoxy) is 2. The van der Waals surface area contributed by atoms with Crippen molar-refractivity contribution in [1.82, 2.24) is 0 Å². The Hall–Kier alpha value is -1.69. The van der Waals surface area contributed by atoms with E-state index < -0.39 is 35.3 Å². The number of rotatable bonds is 5. The molecule has 2 rings (SSSR count). The SMILES string of the molecule is CCOC(=O)[C@@H]1C(=O)OC(C)(C)[C@H]1[C@@H](C)C(=O)c1ccc(Br)cc1. The van der Waals surface area contributed by atoms with E-state index in [0.717, 1.165) is 4.47 Å². The molecule has 1 saturated heterocycles. The Bertz CT molecular complexity index is 650. The Morgan fingerprint density at radius 2 is 1.88 bits per heavy atom. The summed E-state index contributed by atoms with van der Waals surface area (Å²) in [5.74, 6) is -3.61. The second kappa shape index (κ2) is 7.05. The second-order valence-corrected chi connectivity index (χ2v) is 7.36. The molecule has 0 bridgehead atoms. The van der Waals surface area contributed by atoms with Crippen molar-refractivity contribution in [2.24, 2.45) is 17.8 Å². The Kier molecular flexibility index (Phi) is 5.48. The van der Waals surface area contributed by atoms with Crippen molar-refractivity contribution in [2.75, 3.05) is 6.61 Å². The van der Waals surface area contributed by atoms with E-state index in [1.807, 2.05) is 0 Å². The van der Waals surface area contributed by atoms with E-state index in [2.05, 4.69) is 15.9 Å². The highest BCUT2D eigenvalue weighted by Crippen LogP contribution is 2.43. The number of cyclic esters (lactones) is 1. The Morgan fingerprint density at radius 1 is 1.29 bits per heavy atom. The quantitative estimate of drug-likeness (QED) is 0.433. The molecular formula is C18H21BrO5. The zero-order valence-electron chi connectivity index (χ0n) is 14.2. The lowest BCUT2D eigenvalue weighted by molar-refractivity contribution is -0.157. The predicted octanol–water partition coefficient (Wildman–Crippen LogP) is 3.40. The molecule has 5 nitrogen and oxygen atoms in total. The fourth-order valence-corrected chi connectivity index (χ4v) is 3.61. The molecule has 1 aliphatic heterocycles. The molecule has 0 spiro atoms. The van der Waals surface area contributed by atoms with Crippen LogP contribution < -0.4 is 0 Å². The standard InChI is InChI=1S/C18H21BrO5/c1-5-23-16(21)13-14(18(3,4)24-17(13)22)10(2)15(20)11-6-8-12(19)9-7-11/h6-10,13-14H,5H2,1-4H3/t10-,13-,14+/m1/s1. The third kappa shape index (κ3) is 3.53. The van der Waals surface area contributed by atoms with Crippen molar-refractivity contribution in [3.8, 4) is 0 Å². The summed E-state index contributed by atoms with van der Waals surface area (Å²) in [5.41, 5.74) is -0.387. The number of ketones is 1. The van der Waals surface area contributed by atoms with Gasteiger partial charge >= 0.3 is 11.9 Å². The van der Waals surface area contributed by atoms with Gasteiger partial charge in [0, 0.05) is 21.9 Å². The number of esters is 2. The van der Waals surface area contributed by atoms with Crippen LogP contribution in [0.3, 0.4) is 0 Å². The lowest BCUT2D eigenvalue weighted by atomic mass is 9.72. The molecule has 3 atom stereocenters. The molecule has 1 fully saturated rings. The largest absolute Gasteiger partial charge is 0.465 e. The topological polar surface area (TPSA) is 69.7 Å². The Morgan fingerprint density at radius 3 is 2.42 bits per heavy atom. The van der Waals surface area contributed by atoms with E-state index in [1.54, 1.807) is 52.0 Å². The first-order valence-corrected chi connectivity index (χ1v) is 8.67. The van der Waals surface area contributed by atoms with Crippen LogP contribution in [0.15, 0.2) is 28.7 Å². The van der Waals surface area contributed by atoms with E-state index in [-0.39, 0.29) is 12.4 Å². The van der Waals surface area contributed by atoms with Gasteiger partial charge in [-0.05, 0) is 32.9 Å². The van der Waals surface area contributed by atoms with Crippen LogP contribution in [0.5, 0.6) is 0 Å². The van der Waals surface area contributed by atoms with E-state index in [0.29, 0.717) is 5.56 Å². The van der Waals surface area contributed by atoms with E-state index in [9.17, 15) is 14.4 Å². The van der Waals surface area contributed by atoms with Crippen molar-refractivity contribution in [3.05, 3.63) is 34.3 Å². The number of benzene rings is 1. The lowest BCUT2D eigenvalue weighted by Crippen LogP contribution is -2.41. The maximum Gasteiger partial charge on any atom is 0.321 e. The molecule has 1 aromatic carbocycles. The number of carbonyl (C=O) groups is 3. The van der Waals surface area contributed by atoms with E-state index >= 15 is 0 Å². The molecule has 1 heterocycles. The van der Waals surface area contributed by atoms with Gasteiger partial charge in [-0.2, -0.15) is 0 Å². The van der Waals surface area contributed by atoms with Gasteiger partial charge in [0.25, 0.3) is 0 Å². The molecule has 0 aliphatic carbocycles. The minimum atomic E-state index is -1.07. The van der Waals surface area contributed by atoms with Gasteiger partial charge in [0.1, 0.15) is 5.60 Å². The summed E-state index contributed by atoms with van der Waals surface area (Å²) >= 11 is 3.33. The van der Waals surface area contributed by atoms with Crippen molar-refractivity contribution in [3.63, 3.8) is 0 Å². The molecule has 0 amide bonds. The second-order valence-electron chi connectivity index (χ2n) is 6.44. The number of carbonyl (C=O) groups excluding carboxylic acids is 3. The molecule has 24 heavy (non-hydrogen) atoms. The number of halogens is 1. The molecule has 130 valence electrons. The van der Waals surface area contributed by atoms with Gasteiger partial charge in [-0.15, -0.1) is 0 Å². The van der Waals surface area contributed by atoms with Gasteiger partial charge in [-0.1, -0.05) is 35.0 Å². The summed E-state index contributed by atoms with van der Waals surface area (Å²) in [7, 11) is 0. The van der Waals surface area contributed by atoms with Crippen LogP contribution in [-0.2, 0) is 19.1 Å². The normalized spacial score (nSPS) is 23.5. The van der Waals surface area contributed by atoms with Gasteiger partial charge in [0.05, 0.1) is 6.61 Å². The predicted molar refractivity (Wildman–Crippen MR) is 91.4 cm³/mol. The molecule has 0 saturated carbocycles. The van der Waals surface area contributed by atoms with E-state index in [1.165, 1.54) is 0 Å². The first-order valence-electron chi connectivity index (χ1n) is 7.88. The molecule has 0 unspecified atom stereocenters. The van der Waals surface area contributed by atoms with Crippen molar-refractivity contribution < 1.29 is 23.9 Å². The summed E-state index contributed by atoms with van der Waals surface area (Å²) in [6.45, 7) is 7.02. The molecule has 6 heteroatoms. The molecule has 1 aliphatic rings. The lowest BCUT2D eigenvalue weighted by Gasteiger charge is -2.30. The van der Waals surface area contributed by atoms with Gasteiger partial charge in [-0.3, -0.25) is 14.4 Å².